The summed E-state index contributed by atoms with van der Waals surface area (Å²) in [4.78, 5) is 11.9. The molecule has 0 aliphatic heterocycles. The summed E-state index contributed by atoms with van der Waals surface area (Å²) in [5.41, 5.74) is -0.898. The van der Waals surface area contributed by atoms with Crippen molar-refractivity contribution in [2.24, 2.45) is 28.6 Å². The molecular weight excluding hydrogens is 332 g/mol. The van der Waals surface area contributed by atoms with E-state index in [2.05, 4.69) is 6.92 Å². The van der Waals surface area contributed by atoms with Crippen LogP contribution in [0.3, 0.4) is 0 Å². The number of hydrogen-bond acceptors (Lipinski definition) is 5. The van der Waals surface area contributed by atoms with Gasteiger partial charge in [-0.15, -0.1) is 0 Å². The third-order valence-electron chi connectivity index (χ3n) is 8.84. The Morgan fingerprint density at radius 3 is 2.65 bits per heavy atom. The average Bonchev–Trinajstić information content (AvgIpc) is 2.86. The van der Waals surface area contributed by atoms with Crippen molar-refractivity contribution >= 4 is 5.78 Å². The lowest BCUT2D eigenvalue weighted by Gasteiger charge is -2.61. The summed E-state index contributed by atoms with van der Waals surface area (Å²) in [6.45, 7) is 3.73. The van der Waals surface area contributed by atoms with E-state index in [0.717, 1.165) is 25.7 Å². The van der Waals surface area contributed by atoms with Crippen molar-refractivity contribution in [3.8, 4) is 0 Å². The summed E-state index contributed by atoms with van der Waals surface area (Å²) in [7, 11) is 0. The van der Waals surface area contributed by atoms with E-state index in [1.807, 2.05) is 13.0 Å². The van der Waals surface area contributed by atoms with Crippen molar-refractivity contribution in [3.05, 3.63) is 11.6 Å². The molecule has 0 radical (unpaired) electrons. The van der Waals surface area contributed by atoms with Crippen molar-refractivity contribution in [2.75, 3.05) is 6.61 Å². The minimum absolute atomic E-state index is 0.0993. The monoisotopic (exact) mass is 364 g/mol. The van der Waals surface area contributed by atoms with Crippen LogP contribution in [0.15, 0.2) is 11.6 Å². The summed E-state index contributed by atoms with van der Waals surface area (Å²) < 4.78 is 0. The molecule has 0 aromatic rings. The van der Waals surface area contributed by atoms with Crippen LogP contribution in [0.2, 0.25) is 0 Å². The molecule has 4 rings (SSSR count). The average molecular weight is 364 g/mol. The van der Waals surface area contributed by atoms with Gasteiger partial charge >= 0.3 is 0 Å². The van der Waals surface area contributed by atoms with Crippen LogP contribution in [0.4, 0.5) is 0 Å². The van der Waals surface area contributed by atoms with Crippen LogP contribution in [0.25, 0.3) is 0 Å². The number of carbonyl (C=O) groups excluding carboxylic acids is 1. The summed E-state index contributed by atoms with van der Waals surface area (Å²) >= 11 is 0. The quantitative estimate of drug-likeness (QED) is 0.596. The van der Waals surface area contributed by atoms with E-state index in [-0.39, 0.29) is 29.0 Å². The van der Waals surface area contributed by atoms with E-state index < -0.39 is 29.8 Å². The second kappa shape index (κ2) is 5.87. The number of aliphatic hydroxyl groups is 4. The number of ketones is 1. The molecule has 4 aliphatic rings. The lowest BCUT2D eigenvalue weighted by molar-refractivity contribution is -0.207. The minimum Gasteiger partial charge on any atom is -0.394 e. The molecule has 4 aliphatic carbocycles. The summed E-state index contributed by atoms with van der Waals surface area (Å²) in [6.07, 6.45) is 4.92. The van der Waals surface area contributed by atoms with E-state index in [9.17, 15) is 25.2 Å². The van der Waals surface area contributed by atoms with Gasteiger partial charge in [0.2, 0.25) is 0 Å². The van der Waals surface area contributed by atoms with Crippen LogP contribution in [0, 0.1) is 28.6 Å². The molecule has 8 atom stereocenters. The van der Waals surface area contributed by atoms with E-state index in [4.69, 9.17) is 0 Å². The molecule has 5 nitrogen and oxygen atoms in total. The third kappa shape index (κ3) is 2.20. The molecule has 0 bridgehead atoms. The molecule has 146 valence electrons. The van der Waals surface area contributed by atoms with Crippen LogP contribution in [0.5, 0.6) is 0 Å². The van der Waals surface area contributed by atoms with Gasteiger partial charge in [0.05, 0.1) is 18.3 Å². The molecule has 0 aromatic carbocycles. The van der Waals surface area contributed by atoms with E-state index in [0.29, 0.717) is 19.3 Å². The smallest absolute Gasteiger partial charge is 0.155 e. The molecule has 0 aromatic heterocycles. The molecule has 1 unspecified atom stereocenters. The number of rotatable bonds is 2. The van der Waals surface area contributed by atoms with Crippen molar-refractivity contribution in [3.63, 3.8) is 0 Å². The molecule has 3 fully saturated rings. The Morgan fingerprint density at radius 1 is 1.23 bits per heavy atom. The van der Waals surface area contributed by atoms with Gasteiger partial charge in [0.1, 0.15) is 6.10 Å². The molecule has 0 amide bonds. The number of carbonyl (C=O) groups is 1. The van der Waals surface area contributed by atoms with E-state index in [1.54, 1.807) is 0 Å². The number of fused-ring (bicyclic) bond motifs is 5. The number of hydrogen-bond donors (Lipinski definition) is 4. The first-order valence-corrected chi connectivity index (χ1v) is 10.1. The zero-order chi connectivity index (χ0) is 18.9. The Hall–Kier alpha value is -0.750. The second-order valence-corrected chi connectivity index (χ2v) is 9.74. The normalized spacial score (nSPS) is 51.9. The van der Waals surface area contributed by atoms with Crippen molar-refractivity contribution in [1.82, 2.24) is 0 Å². The van der Waals surface area contributed by atoms with Crippen LogP contribution >= 0.6 is 0 Å². The fraction of sp³-hybridized carbons (Fsp3) is 0.857. The van der Waals surface area contributed by atoms with Gasteiger partial charge in [-0.25, -0.2) is 0 Å². The second-order valence-electron chi connectivity index (χ2n) is 9.74. The maximum Gasteiger partial charge on any atom is 0.155 e. The highest BCUT2D eigenvalue weighted by molar-refractivity contribution is 5.91. The Labute approximate surface area is 155 Å². The first-order chi connectivity index (χ1) is 12.2. The topological polar surface area (TPSA) is 98.0 Å². The maximum absolute atomic E-state index is 11.9. The zero-order valence-corrected chi connectivity index (χ0v) is 15.8. The molecule has 26 heavy (non-hydrogen) atoms. The molecule has 0 spiro atoms. The van der Waals surface area contributed by atoms with E-state index >= 15 is 0 Å². The standard InChI is InChI=1S/C21H32O5/c1-19-7-5-13(23)9-12(19)3-4-14-15-6-8-21(26,17(25)11-22)20(15,2)10-16(24)18(14)19/h9,14-18,22,24-26H,3-8,10-11H2,1-2H3/t14-,15-,16-,17+,18?,19-,20-,21-/m0/s1. The van der Waals surface area contributed by atoms with Crippen LogP contribution < -0.4 is 0 Å². The first-order valence-electron chi connectivity index (χ1n) is 10.1. The molecule has 0 saturated heterocycles. The van der Waals surface area contributed by atoms with Gasteiger partial charge < -0.3 is 20.4 Å². The van der Waals surface area contributed by atoms with Gasteiger partial charge in [0.15, 0.2) is 5.78 Å². The van der Waals surface area contributed by atoms with Gasteiger partial charge in [-0.2, -0.15) is 0 Å². The fourth-order valence-corrected chi connectivity index (χ4v) is 7.42. The van der Waals surface area contributed by atoms with Gasteiger partial charge in [0.25, 0.3) is 0 Å². The molecule has 4 N–H and O–H groups in total. The van der Waals surface area contributed by atoms with Crippen molar-refractivity contribution < 1.29 is 25.2 Å². The van der Waals surface area contributed by atoms with Crippen LogP contribution in [0.1, 0.15) is 58.8 Å². The van der Waals surface area contributed by atoms with Crippen LogP contribution in [-0.2, 0) is 4.79 Å². The SMILES string of the molecule is C[C@]12CCC(=O)C=C1CC[C@@H]1C2[C@@H](O)C[C@@]2(C)[C@H]1CC[C@]2(O)[C@H](O)CO. The Kier molecular flexibility index (Phi) is 4.20. The predicted molar refractivity (Wildman–Crippen MR) is 96.1 cm³/mol. The lowest BCUT2D eigenvalue weighted by Crippen LogP contribution is -2.63. The Bertz CT molecular complexity index is 644. The highest BCUT2D eigenvalue weighted by atomic mass is 16.4. The lowest BCUT2D eigenvalue weighted by atomic mass is 9.45. The minimum atomic E-state index is -1.35. The highest BCUT2D eigenvalue weighted by Gasteiger charge is 2.67. The van der Waals surface area contributed by atoms with E-state index in [1.165, 1.54) is 5.57 Å². The Morgan fingerprint density at radius 2 is 1.96 bits per heavy atom. The van der Waals surface area contributed by atoms with Gasteiger partial charge in [-0.3, -0.25) is 4.79 Å². The molecular formula is C21H32O5. The van der Waals surface area contributed by atoms with Gasteiger partial charge in [-0.05, 0) is 67.8 Å². The number of allylic oxidation sites excluding steroid dienone is 1. The summed E-state index contributed by atoms with van der Waals surface area (Å²) in [5, 5.41) is 42.3. The molecule has 3 saturated carbocycles. The van der Waals surface area contributed by atoms with Crippen molar-refractivity contribution in [2.45, 2.75) is 76.6 Å². The van der Waals surface area contributed by atoms with Gasteiger partial charge in [0, 0.05) is 11.8 Å². The fourth-order valence-electron chi connectivity index (χ4n) is 7.42. The summed E-state index contributed by atoms with van der Waals surface area (Å²) in [5.74, 6) is 0.798. The van der Waals surface area contributed by atoms with Crippen molar-refractivity contribution in [1.29, 1.82) is 0 Å². The first kappa shape index (κ1) is 18.6. The summed E-state index contributed by atoms with van der Waals surface area (Å²) in [6, 6.07) is 0. The molecule has 0 heterocycles. The number of aliphatic hydroxyl groups excluding tert-OH is 3. The predicted octanol–water partition coefficient (Wildman–Crippen LogP) is 1.57. The maximum atomic E-state index is 11.9. The third-order valence-corrected chi connectivity index (χ3v) is 8.84. The zero-order valence-electron chi connectivity index (χ0n) is 15.8. The Balaban J connectivity index is 1.72. The van der Waals surface area contributed by atoms with Crippen LogP contribution in [-0.4, -0.2) is 50.6 Å². The molecule has 5 heteroatoms. The highest BCUT2D eigenvalue weighted by Crippen LogP contribution is 2.67. The largest absolute Gasteiger partial charge is 0.394 e. The van der Waals surface area contributed by atoms with Gasteiger partial charge in [-0.1, -0.05) is 19.4 Å².